The van der Waals surface area contributed by atoms with Crippen molar-refractivity contribution >= 4 is 5.96 Å². The molecule has 1 saturated carbocycles. The zero-order valence-electron chi connectivity index (χ0n) is 12.5. The minimum Gasteiger partial charge on any atom is -0.388 e. The Morgan fingerprint density at radius 1 is 1.47 bits per heavy atom. The molecule has 0 heterocycles. The first-order chi connectivity index (χ1) is 9.11. The topological polar surface area (TPSA) is 47.9 Å². The Kier molecular flexibility index (Phi) is 6.92. The molecule has 0 aromatic heterocycles. The minimum atomic E-state index is -0.567. The fourth-order valence-electron chi connectivity index (χ4n) is 2.46. The molecule has 1 rings (SSSR count). The number of unbranched alkanes of at least 4 members (excludes halogenated alkanes) is 1. The molecule has 0 atom stereocenters. The van der Waals surface area contributed by atoms with Crippen molar-refractivity contribution in [2.45, 2.75) is 51.0 Å². The molecular formula is C15H29N3O. The summed E-state index contributed by atoms with van der Waals surface area (Å²) in [6.45, 7) is 8.13. The molecule has 110 valence electrons. The summed E-state index contributed by atoms with van der Waals surface area (Å²) in [6.07, 6.45) is 8.06. The zero-order chi connectivity index (χ0) is 14.1. The molecule has 0 unspecified atom stereocenters. The molecule has 1 fully saturated rings. The van der Waals surface area contributed by atoms with Crippen molar-refractivity contribution in [3.05, 3.63) is 12.7 Å². The largest absolute Gasteiger partial charge is 0.388 e. The number of nitrogens with zero attached hydrogens (tertiary/aromatic N) is 2. The first-order valence-corrected chi connectivity index (χ1v) is 7.44. The van der Waals surface area contributed by atoms with E-state index in [4.69, 9.17) is 0 Å². The van der Waals surface area contributed by atoms with E-state index in [0.29, 0.717) is 6.54 Å². The van der Waals surface area contributed by atoms with E-state index in [9.17, 15) is 5.11 Å². The molecule has 0 bridgehead atoms. The predicted molar refractivity (Wildman–Crippen MR) is 81.5 cm³/mol. The molecule has 0 saturated heterocycles. The summed E-state index contributed by atoms with van der Waals surface area (Å²) < 4.78 is 0. The van der Waals surface area contributed by atoms with Crippen LogP contribution in [0.5, 0.6) is 0 Å². The smallest absolute Gasteiger partial charge is 0.193 e. The summed E-state index contributed by atoms with van der Waals surface area (Å²) >= 11 is 0. The van der Waals surface area contributed by atoms with Crippen LogP contribution in [-0.2, 0) is 0 Å². The number of hydrogen-bond donors (Lipinski definition) is 2. The van der Waals surface area contributed by atoms with Crippen LogP contribution in [0.15, 0.2) is 17.6 Å². The molecule has 0 amide bonds. The summed E-state index contributed by atoms with van der Waals surface area (Å²) in [7, 11) is 2.04. The third kappa shape index (κ3) is 5.64. The monoisotopic (exact) mass is 267 g/mol. The number of allylic oxidation sites excluding steroid dienone is 1. The van der Waals surface area contributed by atoms with Crippen molar-refractivity contribution in [1.82, 2.24) is 10.2 Å². The second-order valence-corrected chi connectivity index (χ2v) is 5.45. The Morgan fingerprint density at radius 2 is 2.16 bits per heavy atom. The first-order valence-electron chi connectivity index (χ1n) is 7.44. The molecule has 2 N–H and O–H groups in total. The Labute approximate surface area is 117 Å². The molecule has 0 radical (unpaired) electrons. The van der Waals surface area contributed by atoms with Crippen LogP contribution in [0.4, 0.5) is 0 Å². The van der Waals surface area contributed by atoms with Gasteiger partial charge in [-0.3, -0.25) is 4.99 Å². The number of aliphatic hydroxyl groups is 1. The van der Waals surface area contributed by atoms with Gasteiger partial charge in [-0.15, -0.1) is 6.58 Å². The van der Waals surface area contributed by atoms with Crippen molar-refractivity contribution in [2.24, 2.45) is 4.99 Å². The van der Waals surface area contributed by atoms with Gasteiger partial charge in [-0.05, 0) is 32.6 Å². The highest BCUT2D eigenvalue weighted by Gasteiger charge is 2.30. The number of aliphatic imine (C=N–C) groups is 1. The van der Waals surface area contributed by atoms with Crippen LogP contribution in [-0.4, -0.2) is 48.2 Å². The van der Waals surface area contributed by atoms with Crippen molar-refractivity contribution in [2.75, 3.05) is 26.7 Å². The normalized spacial score (nSPS) is 18.4. The van der Waals surface area contributed by atoms with Gasteiger partial charge in [0.05, 0.1) is 12.1 Å². The summed E-state index contributed by atoms with van der Waals surface area (Å²) in [5.41, 5.74) is -0.567. The molecule has 4 nitrogen and oxygen atoms in total. The van der Waals surface area contributed by atoms with Gasteiger partial charge in [0.15, 0.2) is 5.96 Å². The van der Waals surface area contributed by atoms with Gasteiger partial charge in [-0.25, -0.2) is 0 Å². The van der Waals surface area contributed by atoms with Gasteiger partial charge in [0.2, 0.25) is 0 Å². The SMILES string of the molecule is C=CCCCN(C)C(=NCC1(O)CCCC1)NCC. The van der Waals surface area contributed by atoms with Crippen molar-refractivity contribution in [1.29, 1.82) is 0 Å². The second kappa shape index (κ2) is 8.20. The zero-order valence-corrected chi connectivity index (χ0v) is 12.5. The standard InChI is InChI=1S/C15H29N3O/c1-4-6-9-12-18(3)14(16-5-2)17-13-15(19)10-7-8-11-15/h4,19H,1,5-13H2,2-3H3,(H,16,17). The third-order valence-corrected chi connectivity index (χ3v) is 3.66. The summed E-state index contributed by atoms with van der Waals surface area (Å²) in [5.74, 6) is 0.895. The first kappa shape index (κ1) is 16.0. The molecule has 0 spiro atoms. The van der Waals surface area contributed by atoms with Crippen LogP contribution in [0.2, 0.25) is 0 Å². The van der Waals surface area contributed by atoms with E-state index >= 15 is 0 Å². The van der Waals surface area contributed by atoms with Crippen LogP contribution in [0.25, 0.3) is 0 Å². The molecule has 0 aliphatic heterocycles. The van der Waals surface area contributed by atoms with E-state index in [0.717, 1.165) is 57.6 Å². The lowest BCUT2D eigenvalue weighted by molar-refractivity contribution is 0.0572. The molecule has 0 aromatic rings. The van der Waals surface area contributed by atoms with Gasteiger partial charge < -0.3 is 15.3 Å². The van der Waals surface area contributed by atoms with Crippen molar-refractivity contribution in [3.8, 4) is 0 Å². The van der Waals surface area contributed by atoms with Crippen LogP contribution in [0.1, 0.15) is 45.4 Å². The fourth-order valence-corrected chi connectivity index (χ4v) is 2.46. The highest BCUT2D eigenvalue weighted by atomic mass is 16.3. The van der Waals surface area contributed by atoms with E-state index in [-0.39, 0.29) is 0 Å². The van der Waals surface area contributed by atoms with Gasteiger partial charge in [-0.1, -0.05) is 18.9 Å². The summed E-state index contributed by atoms with van der Waals surface area (Å²) in [4.78, 5) is 6.73. The summed E-state index contributed by atoms with van der Waals surface area (Å²) in [6, 6.07) is 0. The Morgan fingerprint density at radius 3 is 2.74 bits per heavy atom. The van der Waals surface area contributed by atoms with Gasteiger partial charge in [0.25, 0.3) is 0 Å². The van der Waals surface area contributed by atoms with E-state index in [1.165, 1.54) is 0 Å². The predicted octanol–water partition coefficient (Wildman–Crippen LogP) is 2.16. The number of guanidine groups is 1. The van der Waals surface area contributed by atoms with Crippen LogP contribution < -0.4 is 5.32 Å². The van der Waals surface area contributed by atoms with Crippen LogP contribution in [0, 0.1) is 0 Å². The maximum absolute atomic E-state index is 10.3. The fraction of sp³-hybridized carbons (Fsp3) is 0.800. The van der Waals surface area contributed by atoms with Gasteiger partial charge in [0, 0.05) is 20.1 Å². The number of nitrogens with one attached hydrogen (secondary N) is 1. The summed E-state index contributed by atoms with van der Waals surface area (Å²) in [5, 5.41) is 13.6. The molecule has 19 heavy (non-hydrogen) atoms. The maximum Gasteiger partial charge on any atom is 0.193 e. The molecule has 4 heteroatoms. The quantitative estimate of drug-likeness (QED) is 0.322. The Hall–Kier alpha value is -1.03. The van der Waals surface area contributed by atoms with E-state index in [1.807, 2.05) is 13.1 Å². The van der Waals surface area contributed by atoms with E-state index in [2.05, 4.69) is 28.7 Å². The highest BCUT2D eigenvalue weighted by Crippen LogP contribution is 2.29. The minimum absolute atomic E-state index is 0.515. The van der Waals surface area contributed by atoms with Crippen LogP contribution in [0.3, 0.4) is 0 Å². The average Bonchev–Trinajstić information content (AvgIpc) is 2.82. The van der Waals surface area contributed by atoms with Gasteiger partial charge >= 0.3 is 0 Å². The maximum atomic E-state index is 10.3. The van der Waals surface area contributed by atoms with Gasteiger partial charge in [-0.2, -0.15) is 0 Å². The lowest BCUT2D eigenvalue weighted by atomic mass is 10.0. The Bertz CT molecular complexity index is 296. The molecule has 1 aliphatic carbocycles. The van der Waals surface area contributed by atoms with Crippen molar-refractivity contribution in [3.63, 3.8) is 0 Å². The number of rotatable bonds is 7. The number of hydrogen-bond acceptors (Lipinski definition) is 2. The highest BCUT2D eigenvalue weighted by molar-refractivity contribution is 5.79. The lowest BCUT2D eigenvalue weighted by Gasteiger charge is -2.24. The second-order valence-electron chi connectivity index (χ2n) is 5.45. The molecular weight excluding hydrogens is 238 g/mol. The van der Waals surface area contributed by atoms with Crippen LogP contribution >= 0.6 is 0 Å². The van der Waals surface area contributed by atoms with Crippen molar-refractivity contribution < 1.29 is 5.11 Å². The Balaban J connectivity index is 2.51. The molecule has 0 aromatic carbocycles. The third-order valence-electron chi connectivity index (χ3n) is 3.66. The molecule has 1 aliphatic rings. The lowest BCUT2D eigenvalue weighted by Crippen LogP contribution is -2.41. The van der Waals surface area contributed by atoms with Gasteiger partial charge in [0.1, 0.15) is 0 Å². The average molecular weight is 267 g/mol. The van der Waals surface area contributed by atoms with E-state index < -0.39 is 5.60 Å². The van der Waals surface area contributed by atoms with E-state index in [1.54, 1.807) is 0 Å².